The maximum Gasteiger partial charge on any atom is 0.203 e. The molecule has 1 aromatic heterocycles. The summed E-state index contributed by atoms with van der Waals surface area (Å²) in [5.74, 6) is 2.04. The lowest BCUT2D eigenvalue weighted by molar-refractivity contribution is 0.202. The quantitative estimate of drug-likeness (QED) is 0.808. The van der Waals surface area contributed by atoms with Crippen molar-refractivity contribution in [2.75, 3.05) is 47.5 Å². The maximum atomic E-state index is 5.78. The summed E-state index contributed by atoms with van der Waals surface area (Å²) in [6.45, 7) is 4.04. The fourth-order valence-corrected chi connectivity index (χ4v) is 3.72. The van der Waals surface area contributed by atoms with Crippen molar-refractivity contribution in [3.05, 3.63) is 47.8 Å². The van der Waals surface area contributed by atoms with Crippen LogP contribution in [0.1, 0.15) is 23.7 Å². The molecule has 1 atom stereocenters. The van der Waals surface area contributed by atoms with E-state index in [1.807, 2.05) is 24.4 Å². The van der Waals surface area contributed by atoms with E-state index >= 15 is 0 Å². The second-order valence-corrected chi connectivity index (χ2v) is 6.60. The second-order valence-electron chi connectivity index (χ2n) is 6.60. The first-order chi connectivity index (χ1) is 13.3. The molecule has 27 heavy (non-hydrogen) atoms. The summed E-state index contributed by atoms with van der Waals surface area (Å²) < 4.78 is 16.9. The van der Waals surface area contributed by atoms with Crippen molar-refractivity contribution >= 4 is 0 Å². The molecule has 6 heteroatoms. The highest BCUT2D eigenvalue weighted by Crippen LogP contribution is 2.44. The van der Waals surface area contributed by atoms with Crippen LogP contribution in [-0.4, -0.2) is 57.4 Å². The molecule has 0 radical (unpaired) electrons. The Morgan fingerprint density at radius 2 is 1.85 bits per heavy atom. The molecule has 1 aromatic carbocycles. The zero-order valence-corrected chi connectivity index (χ0v) is 16.4. The molecule has 146 valence electrons. The lowest BCUT2D eigenvalue weighted by Crippen LogP contribution is -2.34. The predicted octanol–water partition coefficient (Wildman–Crippen LogP) is 2.69. The number of benzene rings is 1. The molecule has 3 rings (SSSR count). The molecule has 1 N–H and O–H groups in total. The molecular formula is C21H29N3O3. The molecule has 1 fully saturated rings. The topological polar surface area (TPSA) is 55.9 Å². The van der Waals surface area contributed by atoms with E-state index in [2.05, 4.69) is 27.3 Å². The van der Waals surface area contributed by atoms with Gasteiger partial charge in [-0.15, -0.1) is 0 Å². The van der Waals surface area contributed by atoms with Crippen molar-refractivity contribution in [3.63, 3.8) is 0 Å². The summed E-state index contributed by atoms with van der Waals surface area (Å²) in [6.07, 6.45) is 3.78. The van der Waals surface area contributed by atoms with Crippen molar-refractivity contribution in [1.82, 2.24) is 15.2 Å². The van der Waals surface area contributed by atoms with E-state index in [9.17, 15) is 0 Å². The third-order valence-electron chi connectivity index (χ3n) is 5.04. The number of ether oxygens (including phenoxy) is 3. The lowest BCUT2D eigenvalue weighted by atomic mass is 9.97. The van der Waals surface area contributed by atoms with Crippen molar-refractivity contribution in [2.45, 2.75) is 18.9 Å². The van der Waals surface area contributed by atoms with Gasteiger partial charge in [-0.1, -0.05) is 6.07 Å². The van der Waals surface area contributed by atoms with Crippen LogP contribution in [0.4, 0.5) is 0 Å². The summed E-state index contributed by atoms with van der Waals surface area (Å²) in [5, 5.41) is 3.48. The van der Waals surface area contributed by atoms with Gasteiger partial charge in [0.05, 0.1) is 21.3 Å². The van der Waals surface area contributed by atoms with E-state index in [1.165, 1.54) is 0 Å². The van der Waals surface area contributed by atoms with Gasteiger partial charge in [0.2, 0.25) is 5.75 Å². The van der Waals surface area contributed by atoms with Gasteiger partial charge >= 0.3 is 0 Å². The first-order valence-corrected chi connectivity index (χ1v) is 9.42. The van der Waals surface area contributed by atoms with Gasteiger partial charge in [-0.25, -0.2) is 0 Å². The average molecular weight is 371 g/mol. The van der Waals surface area contributed by atoms with Crippen LogP contribution in [0.15, 0.2) is 36.5 Å². The van der Waals surface area contributed by atoms with Crippen LogP contribution in [0, 0.1) is 0 Å². The minimum absolute atomic E-state index is 0.148. The summed E-state index contributed by atoms with van der Waals surface area (Å²) >= 11 is 0. The van der Waals surface area contributed by atoms with E-state index < -0.39 is 0 Å². The van der Waals surface area contributed by atoms with Gasteiger partial charge in [-0.2, -0.15) is 0 Å². The standard InChI is InChI=1S/C21H29N3O3/c1-25-19-9-8-17(20(26-2)21(19)27-3)18(15-16-7-4-5-11-23-16)24-13-6-10-22-12-14-24/h4-5,7-9,11,18,22H,6,10,12-15H2,1-3H3. The molecule has 1 aliphatic heterocycles. The highest BCUT2D eigenvalue weighted by molar-refractivity contribution is 5.57. The second kappa shape index (κ2) is 9.58. The zero-order valence-electron chi connectivity index (χ0n) is 16.4. The first kappa shape index (κ1) is 19.5. The van der Waals surface area contributed by atoms with E-state index in [-0.39, 0.29) is 6.04 Å². The molecule has 2 heterocycles. The van der Waals surface area contributed by atoms with Gasteiger partial charge in [0.1, 0.15) is 0 Å². The Morgan fingerprint density at radius 1 is 1.00 bits per heavy atom. The highest BCUT2D eigenvalue weighted by Gasteiger charge is 2.28. The maximum absolute atomic E-state index is 5.78. The Hall–Kier alpha value is -2.31. The fourth-order valence-electron chi connectivity index (χ4n) is 3.72. The number of aromatic nitrogens is 1. The number of nitrogens with zero attached hydrogens (tertiary/aromatic N) is 2. The van der Waals surface area contributed by atoms with Gasteiger partial charge in [0, 0.05) is 49.6 Å². The summed E-state index contributed by atoms with van der Waals surface area (Å²) in [7, 11) is 4.97. The molecule has 1 aliphatic rings. The molecular weight excluding hydrogens is 342 g/mol. The molecule has 0 bridgehead atoms. The minimum Gasteiger partial charge on any atom is -0.493 e. The Bertz CT molecular complexity index is 716. The number of hydrogen-bond donors (Lipinski definition) is 1. The molecule has 0 aliphatic carbocycles. The van der Waals surface area contributed by atoms with Crippen LogP contribution in [0.3, 0.4) is 0 Å². The summed E-state index contributed by atoms with van der Waals surface area (Å²) in [4.78, 5) is 7.07. The van der Waals surface area contributed by atoms with Crippen LogP contribution in [0.25, 0.3) is 0 Å². The molecule has 0 amide bonds. The van der Waals surface area contributed by atoms with Crippen molar-refractivity contribution < 1.29 is 14.2 Å². The van der Waals surface area contributed by atoms with Gasteiger partial charge in [-0.05, 0) is 37.2 Å². The Labute approximate surface area is 161 Å². The molecule has 1 unspecified atom stereocenters. The van der Waals surface area contributed by atoms with Crippen LogP contribution in [0.2, 0.25) is 0 Å². The van der Waals surface area contributed by atoms with E-state index in [0.717, 1.165) is 56.0 Å². The fraction of sp³-hybridized carbons (Fsp3) is 0.476. The normalized spacial score (nSPS) is 16.4. The SMILES string of the molecule is COc1ccc(C(Cc2ccccn2)N2CCCNCC2)c(OC)c1OC. The third kappa shape index (κ3) is 4.51. The molecule has 0 saturated carbocycles. The van der Waals surface area contributed by atoms with Crippen LogP contribution < -0.4 is 19.5 Å². The summed E-state index contributed by atoms with van der Waals surface area (Å²) in [5.41, 5.74) is 2.17. The van der Waals surface area contributed by atoms with Gasteiger partial charge < -0.3 is 19.5 Å². The molecule has 1 saturated heterocycles. The number of nitrogens with one attached hydrogen (secondary N) is 1. The average Bonchev–Trinajstić information content (AvgIpc) is 3.01. The number of rotatable bonds is 7. The van der Waals surface area contributed by atoms with Crippen molar-refractivity contribution in [3.8, 4) is 17.2 Å². The van der Waals surface area contributed by atoms with Crippen LogP contribution in [0.5, 0.6) is 17.2 Å². The monoisotopic (exact) mass is 371 g/mol. The van der Waals surface area contributed by atoms with Crippen molar-refractivity contribution in [1.29, 1.82) is 0 Å². The number of methoxy groups -OCH3 is 3. The zero-order chi connectivity index (χ0) is 19.1. The van der Waals surface area contributed by atoms with Gasteiger partial charge in [0.25, 0.3) is 0 Å². The van der Waals surface area contributed by atoms with Gasteiger partial charge in [-0.3, -0.25) is 9.88 Å². The highest BCUT2D eigenvalue weighted by atomic mass is 16.5. The molecule has 6 nitrogen and oxygen atoms in total. The number of hydrogen-bond acceptors (Lipinski definition) is 6. The van der Waals surface area contributed by atoms with E-state index in [1.54, 1.807) is 21.3 Å². The first-order valence-electron chi connectivity index (χ1n) is 9.42. The Morgan fingerprint density at radius 3 is 2.56 bits per heavy atom. The smallest absolute Gasteiger partial charge is 0.203 e. The van der Waals surface area contributed by atoms with Gasteiger partial charge in [0.15, 0.2) is 11.5 Å². The molecule has 0 spiro atoms. The minimum atomic E-state index is 0.148. The van der Waals surface area contributed by atoms with Crippen LogP contribution in [-0.2, 0) is 6.42 Å². The Kier molecular flexibility index (Phi) is 6.90. The van der Waals surface area contributed by atoms with E-state index in [4.69, 9.17) is 14.2 Å². The van der Waals surface area contributed by atoms with Crippen molar-refractivity contribution in [2.24, 2.45) is 0 Å². The van der Waals surface area contributed by atoms with Crippen LogP contribution >= 0.6 is 0 Å². The predicted molar refractivity (Wildman–Crippen MR) is 106 cm³/mol. The lowest BCUT2D eigenvalue weighted by Gasteiger charge is -2.32. The largest absolute Gasteiger partial charge is 0.493 e. The molecule has 2 aromatic rings. The Balaban J connectivity index is 2.03. The number of pyridine rings is 1. The summed E-state index contributed by atoms with van der Waals surface area (Å²) in [6, 6.07) is 10.3. The third-order valence-corrected chi connectivity index (χ3v) is 5.04. The van der Waals surface area contributed by atoms with E-state index in [0.29, 0.717) is 11.5 Å².